The number of hydrogen-bond donors (Lipinski definition) is 8. The van der Waals surface area contributed by atoms with E-state index in [-0.39, 0.29) is 31.4 Å². The van der Waals surface area contributed by atoms with Crippen LogP contribution in [0.25, 0.3) is 10.9 Å². The van der Waals surface area contributed by atoms with Gasteiger partial charge in [0.2, 0.25) is 17.7 Å². The first-order valence-electron chi connectivity index (χ1n) is 11.8. The average Bonchev–Trinajstić information content (AvgIpc) is 3.29. The number of carboxylic acids is 2. The first-order chi connectivity index (χ1) is 18.1. The number of nitrogens with one attached hydrogen (secondary N) is 4. The van der Waals surface area contributed by atoms with Gasteiger partial charge in [0.05, 0.1) is 6.04 Å². The van der Waals surface area contributed by atoms with Crippen molar-refractivity contribution >= 4 is 65.0 Å². The number of carboxylic acid groups (broad SMARTS) is 2. The molecule has 3 amide bonds. The summed E-state index contributed by atoms with van der Waals surface area (Å²) in [7, 11) is 0. The van der Waals surface area contributed by atoms with Crippen molar-refractivity contribution in [2.75, 3.05) is 17.8 Å². The van der Waals surface area contributed by atoms with Gasteiger partial charge in [0.25, 0.3) is 0 Å². The Labute approximate surface area is 229 Å². The highest BCUT2D eigenvalue weighted by atomic mass is 32.2. The van der Waals surface area contributed by atoms with E-state index in [1.807, 2.05) is 30.5 Å². The zero-order valence-electron chi connectivity index (χ0n) is 20.8. The third-order valence-electron chi connectivity index (χ3n) is 5.78. The maximum Gasteiger partial charge on any atom is 0.326 e. The predicted octanol–water partition coefficient (Wildman–Crippen LogP) is 0.124. The molecule has 1 aromatic carbocycles. The fourth-order valence-corrected chi connectivity index (χ4v) is 4.38. The molecule has 0 radical (unpaired) electrons. The van der Waals surface area contributed by atoms with Gasteiger partial charge in [-0.1, -0.05) is 18.2 Å². The number of thioether (sulfide) groups is 1. The number of para-hydroxylation sites is 1. The van der Waals surface area contributed by atoms with Crippen LogP contribution >= 0.6 is 24.4 Å². The number of aromatic nitrogens is 1. The zero-order chi connectivity index (χ0) is 28.2. The van der Waals surface area contributed by atoms with Crippen LogP contribution < -0.4 is 21.7 Å². The highest BCUT2D eigenvalue weighted by molar-refractivity contribution is 7.98. The van der Waals surface area contributed by atoms with Crippen molar-refractivity contribution in [1.82, 2.24) is 20.9 Å². The van der Waals surface area contributed by atoms with Gasteiger partial charge in [-0.25, -0.2) is 4.79 Å². The molecule has 2 aromatic rings. The van der Waals surface area contributed by atoms with Gasteiger partial charge < -0.3 is 36.9 Å². The van der Waals surface area contributed by atoms with Crippen LogP contribution in [-0.4, -0.2) is 86.8 Å². The molecule has 0 aliphatic rings. The van der Waals surface area contributed by atoms with Crippen LogP contribution in [0.5, 0.6) is 0 Å². The van der Waals surface area contributed by atoms with E-state index in [0.717, 1.165) is 16.5 Å². The number of aromatic amines is 1. The summed E-state index contributed by atoms with van der Waals surface area (Å²) in [5.74, 6) is -4.08. The summed E-state index contributed by atoms with van der Waals surface area (Å²) in [6.45, 7) is 0. The number of H-pyrrole nitrogens is 1. The van der Waals surface area contributed by atoms with Crippen molar-refractivity contribution in [3.05, 3.63) is 36.0 Å². The number of benzene rings is 1. The molecule has 0 bridgehead atoms. The summed E-state index contributed by atoms with van der Waals surface area (Å²) in [4.78, 5) is 64.2. The number of carbonyl (C=O) groups excluding carboxylic acids is 3. The van der Waals surface area contributed by atoms with Crippen LogP contribution in [0, 0.1) is 0 Å². The summed E-state index contributed by atoms with van der Waals surface area (Å²) in [5.41, 5.74) is 7.28. The van der Waals surface area contributed by atoms with Crippen LogP contribution in [0.15, 0.2) is 30.5 Å². The van der Waals surface area contributed by atoms with Crippen molar-refractivity contribution < 1.29 is 34.2 Å². The van der Waals surface area contributed by atoms with E-state index in [1.54, 1.807) is 6.20 Å². The normalized spacial score (nSPS) is 14.2. The molecule has 0 spiro atoms. The monoisotopic (exact) mass is 567 g/mol. The van der Waals surface area contributed by atoms with Crippen molar-refractivity contribution in [2.45, 2.75) is 49.9 Å². The zero-order valence-corrected chi connectivity index (χ0v) is 22.5. The molecule has 0 aliphatic carbocycles. The maximum atomic E-state index is 13.2. The quantitative estimate of drug-likeness (QED) is 0.130. The minimum Gasteiger partial charge on any atom is -0.481 e. The molecule has 1 aromatic heterocycles. The average molecular weight is 568 g/mol. The predicted molar refractivity (Wildman–Crippen MR) is 147 cm³/mol. The molecule has 208 valence electrons. The summed E-state index contributed by atoms with van der Waals surface area (Å²) < 4.78 is 0. The largest absolute Gasteiger partial charge is 0.481 e. The van der Waals surface area contributed by atoms with Crippen LogP contribution in [0.4, 0.5) is 0 Å². The Hall–Kier alpha value is -3.23. The Balaban J connectivity index is 2.22. The second-order valence-corrected chi connectivity index (χ2v) is 9.94. The Morgan fingerprint density at radius 3 is 2.24 bits per heavy atom. The Morgan fingerprint density at radius 1 is 0.974 bits per heavy atom. The highest BCUT2D eigenvalue weighted by Crippen LogP contribution is 2.19. The third-order valence-corrected chi connectivity index (χ3v) is 6.79. The van der Waals surface area contributed by atoms with Crippen LogP contribution in [0.1, 0.15) is 24.8 Å². The fourth-order valence-electron chi connectivity index (χ4n) is 3.65. The molecule has 4 unspecified atom stereocenters. The molecule has 0 saturated carbocycles. The summed E-state index contributed by atoms with van der Waals surface area (Å²) >= 11 is 5.56. The number of thiol groups is 1. The standard InChI is InChI=1S/C24H33N5O7S2/c1-38-9-8-17(24(35)36)27-22(33)18(10-13-11-26-16-5-3-2-4-14(13)16)28-23(34)19(12-37)29-21(32)15(25)6-7-20(30)31/h2-5,11,15,17-19,26,37H,6-10,12,25H2,1H3,(H,27,33)(H,28,34)(H,29,32)(H,30,31)(H,35,36). The molecule has 0 fully saturated rings. The first-order valence-corrected chi connectivity index (χ1v) is 13.9. The van der Waals surface area contributed by atoms with E-state index in [9.17, 15) is 29.1 Å². The minimum atomic E-state index is -1.19. The lowest BCUT2D eigenvalue weighted by molar-refractivity contribution is -0.142. The van der Waals surface area contributed by atoms with Gasteiger partial charge in [0.1, 0.15) is 18.1 Å². The number of amides is 3. The summed E-state index contributed by atoms with van der Waals surface area (Å²) in [6.07, 6.45) is 3.32. The van der Waals surface area contributed by atoms with E-state index >= 15 is 0 Å². The van der Waals surface area contributed by atoms with E-state index in [2.05, 4.69) is 33.6 Å². The second-order valence-electron chi connectivity index (χ2n) is 8.59. The number of nitrogens with two attached hydrogens (primary N) is 1. The van der Waals surface area contributed by atoms with Gasteiger partial charge in [-0.2, -0.15) is 24.4 Å². The van der Waals surface area contributed by atoms with Gasteiger partial charge in [-0.3, -0.25) is 19.2 Å². The molecule has 38 heavy (non-hydrogen) atoms. The summed E-state index contributed by atoms with van der Waals surface area (Å²) in [6, 6.07) is 2.74. The molecule has 0 saturated heterocycles. The fraction of sp³-hybridized carbons (Fsp3) is 0.458. The van der Waals surface area contributed by atoms with Crippen LogP contribution in [-0.2, 0) is 30.4 Å². The van der Waals surface area contributed by atoms with Gasteiger partial charge in [0, 0.05) is 35.7 Å². The van der Waals surface area contributed by atoms with Crippen molar-refractivity contribution in [3.8, 4) is 0 Å². The number of rotatable bonds is 16. The lowest BCUT2D eigenvalue weighted by Gasteiger charge is -2.24. The molecule has 1 heterocycles. The SMILES string of the molecule is CSCCC(NC(=O)C(Cc1c[nH]c2ccccc12)NC(=O)C(CS)NC(=O)C(N)CCC(=O)O)C(=O)O. The van der Waals surface area contributed by atoms with Crippen LogP contribution in [0.3, 0.4) is 0 Å². The smallest absolute Gasteiger partial charge is 0.326 e. The van der Waals surface area contributed by atoms with Gasteiger partial charge in [-0.05, 0) is 36.5 Å². The summed E-state index contributed by atoms with van der Waals surface area (Å²) in [5, 5.41) is 26.7. The maximum absolute atomic E-state index is 13.2. The first kappa shape index (κ1) is 31.0. The Kier molecular flexibility index (Phi) is 12.4. The molecule has 0 aliphatic heterocycles. The number of hydrogen-bond acceptors (Lipinski definition) is 8. The molecular weight excluding hydrogens is 534 g/mol. The molecule has 12 nitrogen and oxygen atoms in total. The van der Waals surface area contributed by atoms with Crippen LogP contribution in [0.2, 0.25) is 0 Å². The number of carbonyl (C=O) groups is 5. The van der Waals surface area contributed by atoms with Crippen molar-refractivity contribution in [2.24, 2.45) is 5.73 Å². The topological polar surface area (TPSA) is 204 Å². The molecule has 4 atom stereocenters. The van der Waals surface area contributed by atoms with Gasteiger partial charge in [0.15, 0.2) is 0 Å². The molecular formula is C24H33N5O7S2. The van der Waals surface area contributed by atoms with Crippen molar-refractivity contribution in [1.29, 1.82) is 0 Å². The second kappa shape index (κ2) is 15.2. The van der Waals surface area contributed by atoms with E-state index in [0.29, 0.717) is 5.75 Å². The lowest BCUT2D eigenvalue weighted by Crippen LogP contribution is -2.58. The molecule has 2 rings (SSSR count). The number of fused-ring (bicyclic) bond motifs is 1. The van der Waals surface area contributed by atoms with Gasteiger partial charge >= 0.3 is 11.9 Å². The molecule has 8 N–H and O–H groups in total. The van der Waals surface area contributed by atoms with E-state index in [4.69, 9.17) is 10.8 Å². The number of aliphatic carboxylic acids is 2. The minimum absolute atomic E-state index is 0.0435. The van der Waals surface area contributed by atoms with E-state index in [1.165, 1.54) is 11.8 Å². The van der Waals surface area contributed by atoms with E-state index < -0.39 is 53.8 Å². The highest BCUT2D eigenvalue weighted by Gasteiger charge is 2.30. The lowest BCUT2D eigenvalue weighted by atomic mass is 10.0. The Bertz CT molecular complexity index is 1140. The third kappa shape index (κ3) is 9.26. The van der Waals surface area contributed by atoms with Gasteiger partial charge in [-0.15, -0.1) is 0 Å². The Morgan fingerprint density at radius 2 is 1.61 bits per heavy atom. The van der Waals surface area contributed by atoms with Crippen molar-refractivity contribution in [3.63, 3.8) is 0 Å². The molecule has 14 heteroatoms.